The van der Waals surface area contributed by atoms with Crippen LogP contribution in [-0.4, -0.2) is 107 Å². The predicted molar refractivity (Wildman–Crippen MR) is 274 cm³/mol. The van der Waals surface area contributed by atoms with Crippen LogP contribution < -0.4 is 4.18 Å². The Labute approximate surface area is 436 Å². The van der Waals surface area contributed by atoms with Crippen molar-refractivity contribution in [2.45, 2.75) is 130 Å². The normalized spacial score (nSPS) is 13.5. The third-order valence-corrected chi connectivity index (χ3v) is 16.0. The minimum absolute atomic E-state index is 0.00991. The van der Waals surface area contributed by atoms with E-state index in [1.54, 1.807) is 55.9 Å². The van der Waals surface area contributed by atoms with Gasteiger partial charge in [-0.3, -0.25) is 9.59 Å². The molecule has 14 nitrogen and oxygen atoms in total. The Hall–Kier alpha value is -5.71. The summed E-state index contributed by atoms with van der Waals surface area (Å²) in [6, 6.07) is 12.3. The van der Waals surface area contributed by atoms with Crippen LogP contribution in [0.4, 0.5) is 39.5 Å². The van der Waals surface area contributed by atoms with Gasteiger partial charge >= 0.3 is 33.4 Å². The zero-order valence-electron chi connectivity index (χ0n) is 44.0. The van der Waals surface area contributed by atoms with Crippen molar-refractivity contribution in [1.82, 2.24) is 29.1 Å². The minimum atomic E-state index is -7.45. The first kappa shape index (κ1) is 61.2. The number of carbonyl (C=O) groups is 2. The summed E-state index contributed by atoms with van der Waals surface area (Å²) < 4.78 is 163. The molecule has 0 aliphatic carbocycles. The van der Waals surface area contributed by atoms with E-state index in [4.69, 9.17) is 14.5 Å². The van der Waals surface area contributed by atoms with Gasteiger partial charge in [0.1, 0.15) is 36.0 Å². The molecule has 0 spiro atoms. The van der Waals surface area contributed by atoms with Crippen LogP contribution in [0.1, 0.15) is 62.3 Å². The van der Waals surface area contributed by atoms with E-state index in [0.717, 1.165) is 29.9 Å². The first-order valence-corrected chi connectivity index (χ1v) is 32.4. The molecule has 0 aliphatic rings. The standard InChI is InChI=1S/C27H30F9N3O5SSi.C23H31N3O3Si/c1-23(2,3)21(40)18-14-39(15-43-10-11-46(4,5)6)22-20(18)38-19(13-37-22)16-8-7-9-17(12-16)44-45(41,42)27(35,36)25(30,31)24(28,29)26(32,33)34;1-23(2,3)21(28)18-14-26(15-29-10-11-30(4,5)6)22-20(18)25-19(13-24-22)16-8-7-9-17(27)12-16/h7-9,12-14H,10-11,15H2,1-6H3;7-9,12-14,27H,10-11,15H2,1-6H3. The van der Waals surface area contributed by atoms with Crippen molar-refractivity contribution < 1.29 is 76.3 Å². The van der Waals surface area contributed by atoms with Crippen molar-refractivity contribution in [3.8, 4) is 34.0 Å². The molecule has 0 saturated carbocycles. The molecule has 76 heavy (non-hydrogen) atoms. The van der Waals surface area contributed by atoms with Gasteiger partial charge in [0, 0.05) is 63.7 Å². The van der Waals surface area contributed by atoms with E-state index in [0.29, 0.717) is 54.5 Å². The van der Waals surface area contributed by atoms with Gasteiger partial charge in [0.25, 0.3) is 0 Å². The summed E-state index contributed by atoms with van der Waals surface area (Å²) in [7, 11) is -9.74. The molecule has 0 radical (unpaired) electrons. The number of halogens is 9. The highest BCUT2D eigenvalue weighted by Gasteiger charge is 2.86. The molecule has 0 aliphatic heterocycles. The van der Waals surface area contributed by atoms with Crippen molar-refractivity contribution in [2.75, 3.05) is 13.2 Å². The second-order valence-electron chi connectivity index (χ2n) is 22.5. The summed E-state index contributed by atoms with van der Waals surface area (Å²) in [5.41, 5.74) is 1.85. The summed E-state index contributed by atoms with van der Waals surface area (Å²) in [6.45, 7) is 25.6. The fraction of sp³-hybridized carbons (Fsp3) is 0.480. The predicted octanol–water partition coefficient (Wildman–Crippen LogP) is 13.1. The van der Waals surface area contributed by atoms with Gasteiger partial charge in [-0.15, -0.1) is 0 Å². The number of alkyl halides is 9. The highest BCUT2D eigenvalue weighted by molar-refractivity contribution is 7.88. The quantitative estimate of drug-likeness (QED) is 0.0267. The van der Waals surface area contributed by atoms with Gasteiger partial charge in [-0.25, -0.2) is 19.9 Å². The van der Waals surface area contributed by atoms with Crippen molar-refractivity contribution in [1.29, 1.82) is 0 Å². The van der Waals surface area contributed by atoms with E-state index in [2.05, 4.69) is 58.4 Å². The third-order valence-electron chi connectivity index (χ3n) is 11.3. The first-order valence-electron chi connectivity index (χ1n) is 23.6. The van der Waals surface area contributed by atoms with Crippen molar-refractivity contribution in [2.24, 2.45) is 10.8 Å². The second-order valence-corrected chi connectivity index (χ2v) is 35.3. The van der Waals surface area contributed by atoms with E-state index in [-0.39, 0.29) is 52.0 Å². The second kappa shape index (κ2) is 22.0. The van der Waals surface area contributed by atoms with Crippen LogP contribution in [0.15, 0.2) is 73.3 Å². The number of rotatable bonds is 19. The average molecular weight is 1130 g/mol. The van der Waals surface area contributed by atoms with Crippen molar-refractivity contribution in [3.63, 3.8) is 0 Å². The number of hydrogen-bond acceptors (Lipinski definition) is 12. The number of aromatic hydroxyl groups is 1. The Morgan fingerprint density at radius 2 is 1.03 bits per heavy atom. The zero-order chi connectivity index (χ0) is 57.4. The number of ether oxygens (including phenoxy) is 2. The van der Waals surface area contributed by atoms with Gasteiger partial charge in [0.15, 0.2) is 22.9 Å². The first-order chi connectivity index (χ1) is 34.6. The molecule has 0 saturated heterocycles. The molecule has 0 unspecified atom stereocenters. The van der Waals surface area contributed by atoms with E-state index in [1.165, 1.54) is 12.3 Å². The Balaban J connectivity index is 0.000000306. The average Bonchev–Trinajstić information content (AvgIpc) is 3.84. The molecule has 0 bridgehead atoms. The lowest BCUT2D eigenvalue weighted by Gasteiger charge is -2.32. The SMILES string of the molecule is CC(C)(C)C(=O)c1cn(COCC[Si](C)(C)C)c2ncc(-c3cccc(O)c3)nc12.CC(C)(C)C(=O)c1cn(COCC[Si](C)(C)C)c2ncc(-c3cccc(OS(=O)(=O)C(F)(F)C(F)(F)C(F)(F)C(F)(F)F)c3)nc12. The van der Waals surface area contributed by atoms with Crippen LogP contribution in [0.3, 0.4) is 0 Å². The van der Waals surface area contributed by atoms with Crippen LogP contribution in [0.2, 0.25) is 51.4 Å². The van der Waals surface area contributed by atoms with E-state index >= 15 is 0 Å². The highest BCUT2D eigenvalue weighted by Crippen LogP contribution is 2.55. The van der Waals surface area contributed by atoms with E-state index in [1.807, 2.05) is 31.4 Å². The maximum absolute atomic E-state index is 14.2. The zero-order valence-corrected chi connectivity index (χ0v) is 46.8. The fourth-order valence-corrected chi connectivity index (χ4v) is 9.29. The summed E-state index contributed by atoms with van der Waals surface area (Å²) in [6.07, 6.45) is -1.12. The minimum Gasteiger partial charge on any atom is -0.508 e. The molecule has 4 aromatic heterocycles. The molecule has 1 N–H and O–H groups in total. The van der Waals surface area contributed by atoms with Crippen LogP contribution in [0, 0.1) is 10.8 Å². The molecule has 6 rings (SSSR count). The molecule has 0 fully saturated rings. The van der Waals surface area contributed by atoms with E-state index < -0.39 is 66.1 Å². The number of benzene rings is 2. The molecule has 4 heterocycles. The third kappa shape index (κ3) is 13.9. The molecular weight excluding hydrogens is 1070 g/mol. The molecular formula is C50H61F9N6O8SSi2. The number of hydrogen-bond donors (Lipinski definition) is 1. The van der Waals surface area contributed by atoms with Gasteiger partial charge in [0.2, 0.25) is 0 Å². The number of ketones is 2. The number of aromatic nitrogens is 6. The van der Waals surface area contributed by atoms with Gasteiger partial charge in [-0.1, -0.05) is 105 Å². The molecule has 6 aromatic rings. The largest absolute Gasteiger partial charge is 0.508 e. The molecule has 0 amide bonds. The van der Waals surface area contributed by atoms with Crippen molar-refractivity contribution in [3.05, 3.63) is 84.4 Å². The lowest BCUT2D eigenvalue weighted by atomic mass is 9.87. The molecule has 2 aromatic carbocycles. The number of nitrogens with zero attached hydrogens (tertiary/aromatic N) is 6. The lowest BCUT2D eigenvalue weighted by Crippen LogP contribution is -2.63. The van der Waals surface area contributed by atoms with Crippen LogP contribution in [-0.2, 0) is 33.1 Å². The summed E-state index contributed by atoms with van der Waals surface area (Å²) in [4.78, 5) is 44.4. The monoisotopic (exact) mass is 1130 g/mol. The van der Waals surface area contributed by atoms with Gasteiger partial charge in [0.05, 0.1) is 34.9 Å². The number of Topliss-reactive ketones (excluding diaryl/α,β-unsaturated/α-hetero) is 2. The van der Waals surface area contributed by atoms with E-state index in [9.17, 15) is 62.6 Å². The molecule has 0 atom stereocenters. The van der Waals surface area contributed by atoms with Gasteiger partial charge < -0.3 is 27.9 Å². The summed E-state index contributed by atoms with van der Waals surface area (Å²) in [5.74, 6) is -16.2. The lowest BCUT2D eigenvalue weighted by molar-refractivity contribution is -0.382. The van der Waals surface area contributed by atoms with Crippen LogP contribution in [0.5, 0.6) is 11.5 Å². The molecule has 26 heteroatoms. The van der Waals surface area contributed by atoms with Gasteiger partial charge in [-0.05, 0) is 36.4 Å². The Bertz CT molecular complexity index is 3200. The number of phenolic OH excluding ortho intramolecular Hbond substituents is 1. The Morgan fingerprint density at radius 1 is 0.618 bits per heavy atom. The Kier molecular flexibility index (Phi) is 17.7. The Morgan fingerprint density at radius 3 is 1.41 bits per heavy atom. The van der Waals surface area contributed by atoms with Crippen LogP contribution in [0.25, 0.3) is 44.8 Å². The number of carbonyl (C=O) groups excluding carboxylic acids is 2. The highest BCUT2D eigenvalue weighted by atomic mass is 32.2. The number of fused-ring (bicyclic) bond motifs is 2. The summed E-state index contributed by atoms with van der Waals surface area (Å²) in [5, 5.41) is 2.77. The summed E-state index contributed by atoms with van der Waals surface area (Å²) >= 11 is 0. The smallest absolute Gasteiger partial charge is 0.460 e. The maximum atomic E-state index is 14.2. The molecule has 416 valence electrons. The van der Waals surface area contributed by atoms with Crippen molar-refractivity contribution >= 4 is 60.2 Å². The van der Waals surface area contributed by atoms with Gasteiger partial charge in [-0.2, -0.15) is 47.9 Å². The topological polar surface area (TPSA) is 178 Å². The fourth-order valence-electron chi connectivity index (χ4n) is 6.87. The maximum Gasteiger partial charge on any atom is 0.460 e. The van der Waals surface area contributed by atoms with Crippen LogP contribution >= 0.6 is 0 Å². The number of phenols is 1.